The number of nitrogens with two attached hydrogens (primary N) is 1. The SMILES string of the molecule is CC(C)C1CCCC(N)(Cc2ccccc2F)CC1. The van der Waals surface area contributed by atoms with Crippen molar-refractivity contribution in [2.75, 3.05) is 0 Å². The lowest BCUT2D eigenvalue weighted by Crippen LogP contribution is -2.41. The number of benzene rings is 1. The van der Waals surface area contributed by atoms with Crippen molar-refractivity contribution >= 4 is 0 Å². The summed E-state index contributed by atoms with van der Waals surface area (Å²) < 4.78 is 13.8. The highest BCUT2D eigenvalue weighted by Gasteiger charge is 2.31. The summed E-state index contributed by atoms with van der Waals surface area (Å²) in [5.41, 5.74) is 7.11. The molecule has 0 amide bonds. The maximum absolute atomic E-state index is 13.8. The summed E-state index contributed by atoms with van der Waals surface area (Å²) in [4.78, 5) is 0. The van der Waals surface area contributed by atoms with Gasteiger partial charge in [0.2, 0.25) is 0 Å². The van der Waals surface area contributed by atoms with Gasteiger partial charge in [-0.25, -0.2) is 4.39 Å². The van der Waals surface area contributed by atoms with Crippen molar-refractivity contribution in [2.45, 2.75) is 57.9 Å². The van der Waals surface area contributed by atoms with Crippen LogP contribution in [0.15, 0.2) is 24.3 Å². The second kappa shape index (κ2) is 6.04. The van der Waals surface area contributed by atoms with Gasteiger partial charge >= 0.3 is 0 Å². The lowest BCUT2D eigenvalue weighted by Gasteiger charge is -2.29. The number of hydrogen-bond acceptors (Lipinski definition) is 1. The first-order valence-electron chi connectivity index (χ1n) is 7.52. The fraction of sp³-hybridized carbons (Fsp3) is 0.647. The quantitative estimate of drug-likeness (QED) is 0.808. The van der Waals surface area contributed by atoms with E-state index in [4.69, 9.17) is 5.73 Å². The van der Waals surface area contributed by atoms with Gasteiger partial charge in [0.1, 0.15) is 5.82 Å². The van der Waals surface area contributed by atoms with Crippen LogP contribution in [0.2, 0.25) is 0 Å². The van der Waals surface area contributed by atoms with Crippen molar-refractivity contribution in [3.05, 3.63) is 35.6 Å². The van der Waals surface area contributed by atoms with Crippen LogP contribution in [-0.4, -0.2) is 5.54 Å². The Labute approximate surface area is 116 Å². The van der Waals surface area contributed by atoms with Crippen LogP contribution < -0.4 is 5.73 Å². The lowest BCUT2D eigenvalue weighted by atomic mass is 9.83. The lowest BCUT2D eigenvalue weighted by molar-refractivity contribution is 0.320. The molecule has 0 bridgehead atoms. The van der Waals surface area contributed by atoms with Gasteiger partial charge in [-0.1, -0.05) is 44.9 Å². The van der Waals surface area contributed by atoms with Crippen LogP contribution in [-0.2, 0) is 6.42 Å². The normalized spacial score (nSPS) is 28.4. The Kier molecular flexibility index (Phi) is 4.62. The van der Waals surface area contributed by atoms with Crippen molar-refractivity contribution in [3.8, 4) is 0 Å². The van der Waals surface area contributed by atoms with E-state index in [1.807, 2.05) is 12.1 Å². The first-order valence-corrected chi connectivity index (χ1v) is 7.52. The van der Waals surface area contributed by atoms with E-state index in [2.05, 4.69) is 13.8 Å². The Morgan fingerprint density at radius 1 is 1.26 bits per heavy atom. The highest BCUT2D eigenvalue weighted by Crippen LogP contribution is 2.34. The fourth-order valence-electron chi connectivity index (χ4n) is 3.32. The van der Waals surface area contributed by atoms with Crippen LogP contribution in [0.25, 0.3) is 0 Å². The summed E-state index contributed by atoms with van der Waals surface area (Å²) in [6.45, 7) is 4.59. The highest BCUT2D eigenvalue weighted by molar-refractivity contribution is 5.20. The molecular formula is C17H26FN. The number of rotatable bonds is 3. The van der Waals surface area contributed by atoms with Crippen LogP contribution in [0.3, 0.4) is 0 Å². The minimum atomic E-state index is -0.216. The summed E-state index contributed by atoms with van der Waals surface area (Å²) >= 11 is 0. The summed E-state index contributed by atoms with van der Waals surface area (Å²) in [5.74, 6) is 1.40. The smallest absolute Gasteiger partial charge is 0.126 e. The van der Waals surface area contributed by atoms with Gasteiger partial charge in [-0.15, -0.1) is 0 Å². The standard InChI is InChI=1S/C17H26FN/c1-13(2)14-7-5-10-17(19,11-9-14)12-15-6-3-4-8-16(15)18/h3-4,6,8,13-14H,5,7,9-12,19H2,1-2H3. The molecule has 0 aliphatic heterocycles. The summed E-state index contributed by atoms with van der Waals surface area (Å²) in [7, 11) is 0. The Balaban J connectivity index is 2.05. The third-order valence-electron chi connectivity index (χ3n) is 4.71. The van der Waals surface area contributed by atoms with E-state index in [0.717, 1.165) is 30.2 Å². The molecule has 2 rings (SSSR count). The second-order valence-corrected chi connectivity index (χ2v) is 6.57. The van der Waals surface area contributed by atoms with Gasteiger partial charge in [0.15, 0.2) is 0 Å². The maximum Gasteiger partial charge on any atom is 0.126 e. The molecule has 0 heterocycles. The Morgan fingerprint density at radius 2 is 2.00 bits per heavy atom. The average molecular weight is 263 g/mol. The van der Waals surface area contributed by atoms with Gasteiger partial charge in [0.05, 0.1) is 0 Å². The molecule has 1 aromatic rings. The predicted octanol–water partition coefficient (Wildman–Crippen LogP) is 4.30. The van der Waals surface area contributed by atoms with Crippen LogP contribution in [0.4, 0.5) is 4.39 Å². The molecule has 2 unspecified atom stereocenters. The van der Waals surface area contributed by atoms with Gasteiger partial charge in [-0.3, -0.25) is 0 Å². The highest BCUT2D eigenvalue weighted by atomic mass is 19.1. The van der Waals surface area contributed by atoms with E-state index in [1.165, 1.54) is 25.3 Å². The second-order valence-electron chi connectivity index (χ2n) is 6.57. The van der Waals surface area contributed by atoms with E-state index in [9.17, 15) is 4.39 Å². The third-order valence-corrected chi connectivity index (χ3v) is 4.71. The van der Waals surface area contributed by atoms with Crippen molar-refractivity contribution < 1.29 is 4.39 Å². The topological polar surface area (TPSA) is 26.0 Å². The van der Waals surface area contributed by atoms with Crippen LogP contribution in [0.1, 0.15) is 51.5 Å². The first kappa shape index (κ1) is 14.5. The van der Waals surface area contributed by atoms with Crippen LogP contribution in [0.5, 0.6) is 0 Å². The fourth-order valence-corrected chi connectivity index (χ4v) is 3.32. The summed E-state index contributed by atoms with van der Waals surface area (Å²) in [6, 6.07) is 7.04. The Morgan fingerprint density at radius 3 is 2.68 bits per heavy atom. The molecule has 0 spiro atoms. The van der Waals surface area contributed by atoms with Gasteiger partial charge in [-0.2, -0.15) is 0 Å². The van der Waals surface area contributed by atoms with E-state index in [1.54, 1.807) is 6.07 Å². The zero-order chi connectivity index (χ0) is 13.9. The molecule has 0 saturated heterocycles. The zero-order valence-corrected chi connectivity index (χ0v) is 12.2. The molecule has 106 valence electrons. The van der Waals surface area contributed by atoms with Crippen molar-refractivity contribution in [3.63, 3.8) is 0 Å². The molecule has 2 N–H and O–H groups in total. The van der Waals surface area contributed by atoms with Gasteiger partial charge in [0.25, 0.3) is 0 Å². The van der Waals surface area contributed by atoms with Gasteiger partial charge < -0.3 is 5.73 Å². The van der Waals surface area contributed by atoms with Gasteiger partial charge in [0, 0.05) is 5.54 Å². The van der Waals surface area contributed by atoms with Crippen LogP contribution in [0, 0.1) is 17.7 Å². The number of halogens is 1. The van der Waals surface area contributed by atoms with Crippen molar-refractivity contribution in [1.29, 1.82) is 0 Å². The molecule has 19 heavy (non-hydrogen) atoms. The Hall–Kier alpha value is -0.890. The van der Waals surface area contributed by atoms with Crippen molar-refractivity contribution in [1.82, 2.24) is 0 Å². The third kappa shape index (κ3) is 3.79. The largest absolute Gasteiger partial charge is 0.325 e. The van der Waals surface area contributed by atoms with Crippen LogP contribution >= 0.6 is 0 Å². The minimum Gasteiger partial charge on any atom is -0.325 e. The zero-order valence-electron chi connectivity index (χ0n) is 12.2. The van der Waals surface area contributed by atoms with E-state index >= 15 is 0 Å². The molecule has 2 heteroatoms. The summed E-state index contributed by atoms with van der Waals surface area (Å²) in [5, 5.41) is 0. The van der Waals surface area contributed by atoms with E-state index < -0.39 is 0 Å². The van der Waals surface area contributed by atoms with E-state index in [0.29, 0.717) is 6.42 Å². The molecule has 1 aliphatic carbocycles. The maximum atomic E-state index is 13.8. The molecule has 0 radical (unpaired) electrons. The summed E-state index contributed by atoms with van der Waals surface area (Å²) in [6.07, 6.45) is 6.34. The monoisotopic (exact) mass is 263 g/mol. The number of hydrogen-bond donors (Lipinski definition) is 1. The van der Waals surface area contributed by atoms with Crippen molar-refractivity contribution in [2.24, 2.45) is 17.6 Å². The van der Waals surface area contributed by atoms with Gasteiger partial charge in [-0.05, 0) is 49.1 Å². The predicted molar refractivity (Wildman–Crippen MR) is 78.4 cm³/mol. The molecule has 1 nitrogen and oxygen atoms in total. The molecule has 1 aromatic carbocycles. The average Bonchev–Trinajstić information content (AvgIpc) is 2.55. The van der Waals surface area contributed by atoms with E-state index in [-0.39, 0.29) is 11.4 Å². The molecule has 2 atom stereocenters. The molecule has 1 fully saturated rings. The minimum absolute atomic E-state index is 0.114. The Bertz CT molecular complexity index is 415. The molecular weight excluding hydrogens is 237 g/mol. The molecule has 1 saturated carbocycles. The molecule has 1 aliphatic rings. The molecule has 0 aromatic heterocycles. The first-order chi connectivity index (χ1) is 9.00.